The van der Waals surface area contributed by atoms with E-state index in [-0.39, 0.29) is 0 Å². The molecule has 0 spiro atoms. The number of aryl methyl sites for hydroxylation is 2. The van der Waals surface area contributed by atoms with Crippen LogP contribution < -0.4 is 5.32 Å². The van der Waals surface area contributed by atoms with Crippen LogP contribution in [-0.4, -0.2) is 15.6 Å². The van der Waals surface area contributed by atoms with Gasteiger partial charge in [0, 0.05) is 36.6 Å². The van der Waals surface area contributed by atoms with E-state index in [4.69, 9.17) is 0 Å². The summed E-state index contributed by atoms with van der Waals surface area (Å²) in [6, 6.07) is 16.1. The van der Waals surface area contributed by atoms with Crippen molar-refractivity contribution in [2.75, 3.05) is 0 Å². The molecule has 2 aromatic carbocycles. The Morgan fingerprint density at radius 1 is 1.09 bits per heavy atom. The standard InChI is InChI=1S/C19H20N2O2/c1-13-7-9-14(10-8-13)11-20-12-16-15-5-3-4-6-17(15)21(2)18(16)19(22)23/h3-10,20H,11-12H2,1-2H3,(H,22,23). The van der Waals surface area contributed by atoms with Gasteiger partial charge < -0.3 is 15.0 Å². The first kappa shape index (κ1) is 15.3. The summed E-state index contributed by atoms with van der Waals surface area (Å²) in [6.45, 7) is 3.30. The number of hydrogen-bond donors (Lipinski definition) is 2. The van der Waals surface area contributed by atoms with Gasteiger partial charge in [-0.25, -0.2) is 4.79 Å². The van der Waals surface area contributed by atoms with E-state index in [0.717, 1.165) is 16.5 Å². The second-order valence-corrected chi connectivity index (χ2v) is 5.80. The predicted octanol–water partition coefficient (Wildman–Crippen LogP) is 3.47. The van der Waals surface area contributed by atoms with Gasteiger partial charge >= 0.3 is 5.97 Å². The Labute approximate surface area is 135 Å². The number of nitrogens with one attached hydrogen (secondary N) is 1. The molecule has 2 N–H and O–H groups in total. The number of fused-ring (bicyclic) bond motifs is 1. The lowest BCUT2D eigenvalue weighted by Crippen LogP contribution is -2.16. The summed E-state index contributed by atoms with van der Waals surface area (Å²) in [6.07, 6.45) is 0. The molecule has 118 valence electrons. The molecular weight excluding hydrogens is 288 g/mol. The van der Waals surface area contributed by atoms with Crippen LogP contribution in [-0.2, 0) is 20.1 Å². The van der Waals surface area contributed by atoms with Crippen molar-refractivity contribution in [1.29, 1.82) is 0 Å². The first-order valence-electron chi connectivity index (χ1n) is 7.64. The first-order valence-corrected chi connectivity index (χ1v) is 7.64. The molecule has 0 fully saturated rings. The third-order valence-electron chi connectivity index (χ3n) is 4.17. The monoisotopic (exact) mass is 308 g/mol. The summed E-state index contributed by atoms with van der Waals surface area (Å²) in [5.74, 6) is -0.893. The Bertz CT molecular complexity index is 848. The summed E-state index contributed by atoms with van der Waals surface area (Å²) in [5.41, 5.74) is 4.55. The second-order valence-electron chi connectivity index (χ2n) is 5.80. The third-order valence-corrected chi connectivity index (χ3v) is 4.17. The van der Waals surface area contributed by atoms with Gasteiger partial charge in [-0.15, -0.1) is 0 Å². The minimum absolute atomic E-state index is 0.350. The third kappa shape index (κ3) is 2.98. The molecule has 0 radical (unpaired) electrons. The van der Waals surface area contributed by atoms with E-state index in [1.807, 2.05) is 24.3 Å². The predicted molar refractivity (Wildman–Crippen MR) is 91.6 cm³/mol. The van der Waals surface area contributed by atoms with Crippen LogP contribution in [0.4, 0.5) is 0 Å². The lowest BCUT2D eigenvalue weighted by atomic mass is 10.1. The molecule has 0 aliphatic carbocycles. The van der Waals surface area contributed by atoms with Gasteiger partial charge in [-0.2, -0.15) is 0 Å². The van der Waals surface area contributed by atoms with Gasteiger partial charge in [-0.1, -0.05) is 48.0 Å². The number of carbonyl (C=O) groups is 1. The summed E-state index contributed by atoms with van der Waals surface area (Å²) >= 11 is 0. The fraction of sp³-hybridized carbons (Fsp3) is 0.211. The largest absolute Gasteiger partial charge is 0.477 e. The van der Waals surface area contributed by atoms with Crippen LogP contribution in [0.3, 0.4) is 0 Å². The summed E-state index contributed by atoms with van der Waals surface area (Å²) < 4.78 is 1.75. The van der Waals surface area contributed by atoms with E-state index >= 15 is 0 Å². The average molecular weight is 308 g/mol. The number of aromatic nitrogens is 1. The fourth-order valence-corrected chi connectivity index (χ4v) is 2.96. The number of carboxylic acids is 1. The zero-order valence-electron chi connectivity index (χ0n) is 13.3. The minimum atomic E-state index is -0.893. The van der Waals surface area contributed by atoms with Crippen molar-refractivity contribution < 1.29 is 9.90 Å². The van der Waals surface area contributed by atoms with Gasteiger partial charge in [0.25, 0.3) is 0 Å². The molecule has 4 nitrogen and oxygen atoms in total. The van der Waals surface area contributed by atoms with Crippen molar-refractivity contribution in [3.05, 3.63) is 70.9 Å². The van der Waals surface area contributed by atoms with Crippen LogP contribution in [0.15, 0.2) is 48.5 Å². The number of para-hydroxylation sites is 1. The molecule has 3 rings (SSSR count). The van der Waals surface area contributed by atoms with E-state index < -0.39 is 5.97 Å². The van der Waals surface area contributed by atoms with Crippen LogP contribution in [0, 0.1) is 6.92 Å². The molecule has 0 atom stereocenters. The molecule has 0 saturated heterocycles. The van der Waals surface area contributed by atoms with Crippen molar-refractivity contribution in [3.8, 4) is 0 Å². The average Bonchev–Trinajstić information content (AvgIpc) is 2.82. The van der Waals surface area contributed by atoms with Gasteiger partial charge in [0.1, 0.15) is 5.69 Å². The van der Waals surface area contributed by atoms with Gasteiger partial charge in [-0.05, 0) is 18.6 Å². The Morgan fingerprint density at radius 3 is 2.48 bits per heavy atom. The highest BCUT2D eigenvalue weighted by atomic mass is 16.4. The number of nitrogens with zero attached hydrogens (tertiary/aromatic N) is 1. The van der Waals surface area contributed by atoms with Gasteiger partial charge in [0.2, 0.25) is 0 Å². The maximum atomic E-state index is 11.6. The van der Waals surface area contributed by atoms with Gasteiger partial charge in [0.05, 0.1) is 0 Å². The maximum absolute atomic E-state index is 11.6. The quantitative estimate of drug-likeness (QED) is 0.759. The van der Waals surface area contributed by atoms with Crippen LogP contribution in [0.2, 0.25) is 0 Å². The first-order chi connectivity index (χ1) is 11.1. The topological polar surface area (TPSA) is 54.3 Å². The molecule has 4 heteroatoms. The van der Waals surface area contributed by atoms with Crippen molar-refractivity contribution >= 4 is 16.9 Å². The highest BCUT2D eigenvalue weighted by Crippen LogP contribution is 2.25. The lowest BCUT2D eigenvalue weighted by molar-refractivity contribution is 0.0685. The summed E-state index contributed by atoms with van der Waals surface area (Å²) in [5, 5.41) is 13.9. The normalized spacial score (nSPS) is 11.0. The van der Waals surface area contributed by atoms with Crippen molar-refractivity contribution in [3.63, 3.8) is 0 Å². The van der Waals surface area contributed by atoms with Crippen LogP contribution >= 0.6 is 0 Å². The fourth-order valence-electron chi connectivity index (χ4n) is 2.96. The van der Waals surface area contributed by atoms with Gasteiger partial charge in [-0.3, -0.25) is 0 Å². The number of aromatic carboxylic acids is 1. The SMILES string of the molecule is Cc1ccc(CNCc2c(C(=O)O)n(C)c3ccccc23)cc1. The molecule has 1 heterocycles. The molecule has 0 unspecified atom stereocenters. The van der Waals surface area contributed by atoms with E-state index in [1.165, 1.54) is 11.1 Å². The molecule has 0 aliphatic heterocycles. The highest BCUT2D eigenvalue weighted by molar-refractivity contribution is 5.98. The van der Waals surface area contributed by atoms with E-state index in [9.17, 15) is 9.90 Å². The molecule has 0 amide bonds. The zero-order chi connectivity index (χ0) is 16.4. The smallest absolute Gasteiger partial charge is 0.352 e. The van der Waals surface area contributed by atoms with Gasteiger partial charge in [0.15, 0.2) is 0 Å². The number of benzene rings is 2. The molecule has 1 aromatic heterocycles. The molecule has 0 bridgehead atoms. The molecule has 0 saturated carbocycles. The minimum Gasteiger partial charge on any atom is -0.477 e. The van der Waals surface area contributed by atoms with Crippen molar-refractivity contribution in [2.45, 2.75) is 20.0 Å². The van der Waals surface area contributed by atoms with E-state index in [0.29, 0.717) is 18.8 Å². The highest BCUT2D eigenvalue weighted by Gasteiger charge is 2.19. The van der Waals surface area contributed by atoms with E-state index in [1.54, 1.807) is 11.6 Å². The Balaban J connectivity index is 1.85. The summed E-state index contributed by atoms with van der Waals surface area (Å²) in [4.78, 5) is 11.6. The van der Waals surface area contributed by atoms with E-state index in [2.05, 4.69) is 36.5 Å². The Hall–Kier alpha value is -2.59. The number of carboxylic acid groups (broad SMARTS) is 1. The Morgan fingerprint density at radius 2 is 1.78 bits per heavy atom. The maximum Gasteiger partial charge on any atom is 0.352 e. The van der Waals surface area contributed by atoms with Crippen molar-refractivity contribution in [2.24, 2.45) is 7.05 Å². The van der Waals surface area contributed by atoms with Crippen molar-refractivity contribution in [1.82, 2.24) is 9.88 Å². The van der Waals surface area contributed by atoms with Crippen LogP contribution in [0.1, 0.15) is 27.2 Å². The second kappa shape index (κ2) is 6.26. The molecule has 3 aromatic rings. The molecule has 0 aliphatic rings. The number of hydrogen-bond acceptors (Lipinski definition) is 2. The Kier molecular flexibility index (Phi) is 4.17. The molecular formula is C19H20N2O2. The van der Waals surface area contributed by atoms with Crippen LogP contribution in [0.25, 0.3) is 10.9 Å². The lowest BCUT2D eigenvalue weighted by Gasteiger charge is -2.07. The summed E-state index contributed by atoms with van der Waals surface area (Å²) in [7, 11) is 1.80. The van der Waals surface area contributed by atoms with Crippen LogP contribution in [0.5, 0.6) is 0 Å². The molecule has 23 heavy (non-hydrogen) atoms. The number of rotatable bonds is 5. The zero-order valence-corrected chi connectivity index (χ0v) is 13.3.